The van der Waals surface area contributed by atoms with Gasteiger partial charge in [0.1, 0.15) is 23.4 Å². The molecule has 0 aromatic carbocycles. The Kier molecular flexibility index (Phi) is 17.9. The van der Waals surface area contributed by atoms with Crippen LogP contribution < -0.4 is 0 Å². The molecule has 1 heterocycles. The van der Waals surface area contributed by atoms with E-state index in [2.05, 4.69) is 4.90 Å². The lowest BCUT2D eigenvalue weighted by molar-refractivity contribution is -0.161. The summed E-state index contributed by atoms with van der Waals surface area (Å²) in [5.74, 6) is -0.756. The highest BCUT2D eigenvalue weighted by Gasteiger charge is 2.44. The van der Waals surface area contributed by atoms with Crippen molar-refractivity contribution in [3.63, 3.8) is 0 Å². The van der Waals surface area contributed by atoms with Crippen molar-refractivity contribution in [2.75, 3.05) is 66.5 Å². The number of hydrogen-bond donors (Lipinski definition) is 0. The normalized spacial score (nSPS) is 19.3. The molecule has 0 N–H and O–H groups in total. The van der Waals surface area contributed by atoms with Crippen LogP contribution in [0.25, 0.3) is 0 Å². The smallest absolute Gasteiger partial charge is 0.320 e. The topological polar surface area (TPSA) is 135 Å². The SMILES string of the molecule is CCC(CN1CCN(CC(=O)OC(C)(C)C)CC(CCCCC(=O)N(C)C)(N(CC(=O)OC(C)(C)C)CC(CC)OC=O)C1)OC=O. The Bertz CT molecular complexity index is 995. The van der Waals surface area contributed by atoms with E-state index < -0.39 is 28.8 Å². The van der Waals surface area contributed by atoms with Gasteiger partial charge in [-0.2, -0.15) is 0 Å². The van der Waals surface area contributed by atoms with Crippen LogP contribution in [0.15, 0.2) is 0 Å². The molecule has 3 unspecified atom stereocenters. The highest BCUT2D eigenvalue weighted by molar-refractivity contribution is 5.75. The molecule has 0 aromatic heterocycles. The van der Waals surface area contributed by atoms with Crippen LogP contribution in [0.2, 0.25) is 0 Å². The Morgan fingerprint density at radius 3 is 1.87 bits per heavy atom. The van der Waals surface area contributed by atoms with Crippen molar-refractivity contribution in [2.45, 2.75) is 123 Å². The third kappa shape index (κ3) is 16.8. The van der Waals surface area contributed by atoms with Crippen LogP contribution in [-0.2, 0) is 42.9 Å². The molecule has 0 bridgehead atoms. The van der Waals surface area contributed by atoms with Gasteiger partial charge in [-0.3, -0.25) is 38.7 Å². The largest absolute Gasteiger partial charge is 0.463 e. The Morgan fingerprint density at radius 2 is 1.34 bits per heavy atom. The average Bonchev–Trinajstić information content (AvgIpc) is 3.11. The van der Waals surface area contributed by atoms with Gasteiger partial charge in [0, 0.05) is 65.3 Å². The molecule has 3 atom stereocenters. The van der Waals surface area contributed by atoms with Gasteiger partial charge in [0.25, 0.3) is 12.9 Å². The number of carbonyl (C=O) groups is 5. The third-order valence-electron chi connectivity index (χ3n) is 8.03. The van der Waals surface area contributed by atoms with Gasteiger partial charge in [-0.15, -0.1) is 0 Å². The van der Waals surface area contributed by atoms with E-state index in [9.17, 15) is 24.0 Å². The Balaban J connectivity index is 3.73. The van der Waals surface area contributed by atoms with Gasteiger partial charge >= 0.3 is 11.9 Å². The van der Waals surface area contributed by atoms with Gasteiger partial charge in [0.2, 0.25) is 5.91 Å². The molecule has 1 saturated heterocycles. The molecule has 13 heteroatoms. The van der Waals surface area contributed by atoms with Crippen LogP contribution in [-0.4, -0.2) is 146 Å². The molecule has 1 amide bonds. The first-order valence-electron chi connectivity index (χ1n) is 16.9. The highest BCUT2D eigenvalue weighted by atomic mass is 16.6. The van der Waals surface area contributed by atoms with Crippen molar-refractivity contribution >= 4 is 30.8 Å². The quantitative estimate of drug-likeness (QED) is 0.0816. The highest BCUT2D eigenvalue weighted by Crippen LogP contribution is 2.30. The Labute approximate surface area is 282 Å². The summed E-state index contributed by atoms with van der Waals surface area (Å²) in [6.45, 7) is 18.3. The second-order valence-corrected chi connectivity index (χ2v) is 14.7. The van der Waals surface area contributed by atoms with E-state index in [1.807, 2.05) is 65.2 Å². The fourth-order valence-corrected chi connectivity index (χ4v) is 5.82. The van der Waals surface area contributed by atoms with Gasteiger partial charge in [-0.05, 0) is 67.2 Å². The lowest BCUT2D eigenvalue weighted by atomic mass is 9.87. The molecule has 13 nitrogen and oxygen atoms in total. The molecule has 0 radical (unpaired) electrons. The first-order valence-corrected chi connectivity index (χ1v) is 16.9. The summed E-state index contributed by atoms with van der Waals surface area (Å²) in [5.41, 5.74) is -2.13. The van der Waals surface area contributed by atoms with Gasteiger partial charge in [0.05, 0.1) is 13.1 Å². The molecule has 0 saturated carbocycles. The number of amides is 1. The predicted octanol–water partition coefficient (Wildman–Crippen LogP) is 2.88. The summed E-state index contributed by atoms with van der Waals surface area (Å²) >= 11 is 0. The predicted molar refractivity (Wildman–Crippen MR) is 178 cm³/mol. The molecule has 0 spiro atoms. The monoisotopic (exact) mass is 670 g/mol. The second kappa shape index (κ2) is 19.9. The van der Waals surface area contributed by atoms with Crippen LogP contribution in [0.3, 0.4) is 0 Å². The standard InChI is InChI=1S/C34H62N4O9/c1-11-27(44-25-39)19-36-17-18-37(21-30(42)46-32(3,4)5)24-34(23-36,16-14-13-15-29(41)35(9)10)38(20-28(12-2)45-26-40)22-31(43)47-33(6,7)8/h25-28H,11-24H2,1-10H3. The maximum Gasteiger partial charge on any atom is 0.320 e. The van der Waals surface area contributed by atoms with E-state index in [1.165, 1.54) is 0 Å². The molecule has 1 aliphatic rings. The van der Waals surface area contributed by atoms with Gasteiger partial charge in [-0.25, -0.2) is 0 Å². The average molecular weight is 671 g/mol. The summed E-state index contributed by atoms with van der Waals surface area (Å²) in [5, 5.41) is 0. The van der Waals surface area contributed by atoms with Crippen LogP contribution >= 0.6 is 0 Å². The summed E-state index contributed by atoms with van der Waals surface area (Å²) in [4.78, 5) is 69.7. The van der Waals surface area contributed by atoms with Gasteiger partial charge in [-0.1, -0.05) is 20.3 Å². The number of unbranched alkanes of at least 4 members (excludes halogenated alkanes) is 1. The van der Waals surface area contributed by atoms with Crippen molar-refractivity contribution in [3.8, 4) is 0 Å². The zero-order valence-electron chi connectivity index (χ0n) is 30.7. The van der Waals surface area contributed by atoms with E-state index >= 15 is 0 Å². The lowest BCUT2D eigenvalue weighted by Gasteiger charge is -2.47. The van der Waals surface area contributed by atoms with E-state index in [4.69, 9.17) is 18.9 Å². The minimum atomic E-state index is -0.754. The summed E-state index contributed by atoms with van der Waals surface area (Å²) < 4.78 is 22.3. The number of hydrogen-bond acceptors (Lipinski definition) is 12. The van der Waals surface area contributed by atoms with Crippen molar-refractivity contribution in [2.24, 2.45) is 0 Å². The summed E-state index contributed by atoms with van der Waals surface area (Å²) in [6.07, 6.45) is 2.51. The van der Waals surface area contributed by atoms with E-state index in [-0.39, 0.29) is 37.6 Å². The van der Waals surface area contributed by atoms with Crippen LogP contribution in [0.1, 0.15) is 93.9 Å². The Morgan fingerprint density at radius 1 is 0.809 bits per heavy atom. The Hall–Kier alpha value is -2.77. The lowest BCUT2D eigenvalue weighted by Crippen LogP contribution is -2.63. The van der Waals surface area contributed by atoms with Gasteiger partial charge in [0.15, 0.2) is 0 Å². The minimum Gasteiger partial charge on any atom is -0.463 e. The van der Waals surface area contributed by atoms with Crippen molar-refractivity contribution in [1.29, 1.82) is 0 Å². The maximum atomic E-state index is 13.5. The van der Waals surface area contributed by atoms with Gasteiger partial charge < -0.3 is 23.8 Å². The zero-order valence-corrected chi connectivity index (χ0v) is 30.7. The third-order valence-corrected chi connectivity index (χ3v) is 8.03. The number of nitrogens with zero attached hydrogens (tertiary/aromatic N) is 4. The molecule has 1 aliphatic heterocycles. The molecular formula is C34H62N4O9. The molecule has 1 fully saturated rings. The van der Waals surface area contributed by atoms with Crippen molar-refractivity contribution < 1.29 is 42.9 Å². The molecule has 47 heavy (non-hydrogen) atoms. The maximum absolute atomic E-state index is 13.5. The van der Waals surface area contributed by atoms with Crippen LogP contribution in [0.4, 0.5) is 0 Å². The first-order chi connectivity index (χ1) is 21.9. The van der Waals surface area contributed by atoms with E-state index in [0.29, 0.717) is 84.2 Å². The van der Waals surface area contributed by atoms with E-state index in [1.54, 1.807) is 19.0 Å². The summed E-state index contributed by atoms with van der Waals surface area (Å²) in [7, 11) is 3.46. The number of esters is 2. The first kappa shape index (κ1) is 42.3. The minimum absolute atomic E-state index is 0.0286. The molecule has 1 rings (SSSR count). The zero-order chi connectivity index (χ0) is 35.8. The van der Waals surface area contributed by atoms with Crippen molar-refractivity contribution in [1.82, 2.24) is 19.6 Å². The number of ether oxygens (including phenoxy) is 4. The van der Waals surface area contributed by atoms with Crippen molar-refractivity contribution in [3.05, 3.63) is 0 Å². The van der Waals surface area contributed by atoms with Crippen LogP contribution in [0, 0.1) is 0 Å². The van der Waals surface area contributed by atoms with E-state index in [0.717, 1.165) is 0 Å². The number of carbonyl (C=O) groups excluding carboxylic acids is 5. The fraction of sp³-hybridized carbons (Fsp3) is 0.853. The second-order valence-electron chi connectivity index (χ2n) is 14.7. The molecule has 0 aromatic rings. The summed E-state index contributed by atoms with van der Waals surface area (Å²) in [6, 6.07) is 0. The fourth-order valence-electron chi connectivity index (χ4n) is 5.82. The number of rotatable bonds is 20. The molecule has 272 valence electrons. The van der Waals surface area contributed by atoms with Crippen LogP contribution in [0.5, 0.6) is 0 Å². The molecular weight excluding hydrogens is 608 g/mol. The molecule has 0 aliphatic carbocycles.